The number of ether oxygens (including phenoxy) is 4. The van der Waals surface area contributed by atoms with Gasteiger partial charge in [0.25, 0.3) is 0 Å². The molecule has 0 aromatic carbocycles. The summed E-state index contributed by atoms with van der Waals surface area (Å²) in [7, 11) is -3.84. The number of aliphatic carboxylic acids is 1. The van der Waals surface area contributed by atoms with Crippen molar-refractivity contribution < 1.29 is 62.4 Å². The Labute approximate surface area is 322 Å². The number of hydrogen-bond donors (Lipinski definition) is 6. The second kappa shape index (κ2) is 36.2. The van der Waals surface area contributed by atoms with Crippen LogP contribution in [0.1, 0.15) is 129 Å². The van der Waals surface area contributed by atoms with Gasteiger partial charge in [-0.05, 0) is 26.2 Å². The molecule has 0 fully saturated rings. The number of Topliss-reactive ketones (excluding diaryl/α,β-unsaturated/α-hetero) is 1. The van der Waals surface area contributed by atoms with Gasteiger partial charge in [-0.25, -0.2) is 4.79 Å². The highest BCUT2D eigenvalue weighted by Gasteiger charge is 2.20. The number of carbonyl (C=O) groups is 5. The van der Waals surface area contributed by atoms with Crippen molar-refractivity contribution in [2.45, 2.75) is 135 Å². The van der Waals surface area contributed by atoms with E-state index in [1.54, 1.807) is 0 Å². The largest absolute Gasteiger partial charge is 0.480 e. The Morgan fingerprint density at radius 3 is 1.43 bits per heavy atom. The highest BCUT2D eigenvalue weighted by Crippen LogP contribution is 2.35. The molecule has 316 valence electrons. The SMILES string of the molecule is CC(=O)COCCOCCNC(=O)COCCOCCNC(=O)CC[C@H](NC(=O)CCCCCCCCCCCCCCCCCCP(=O)(O)O)C(=O)O. The van der Waals surface area contributed by atoms with Gasteiger partial charge in [0.15, 0.2) is 5.78 Å². The molecule has 0 rings (SSSR count). The van der Waals surface area contributed by atoms with E-state index in [1.165, 1.54) is 58.3 Å². The van der Waals surface area contributed by atoms with Gasteiger partial charge < -0.3 is 49.8 Å². The maximum Gasteiger partial charge on any atom is 0.326 e. The number of carboxylic acids is 1. The molecule has 0 saturated heterocycles. The molecule has 17 heteroatoms. The number of ketones is 1. The standard InChI is InChI=1S/C37H70N3O13P/c1-32(41)30-52-27-25-51-24-22-39-36(44)31-53-28-26-50-23-21-38-34(42)20-19-33(37(45)46)40-35(43)18-16-14-12-10-8-6-4-2-3-5-7-9-11-13-15-17-29-54(47,48)49/h33H,2-31H2,1H3,(H,38,42)(H,39,44)(H,40,43)(H,45,46)(H2,47,48,49)/t33-/m0/s1. The van der Waals surface area contributed by atoms with E-state index in [9.17, 15) is 33.6 Å². The molecule has 0 spiro atoms. The Bertz CT molecular complexity index is 1040. The van der Waals surface area contributed by atoms with E-state index < -0.39 is 19.6 Å². The van der Waals surface area contributed by atoms with Crippen molar-refractivity contribution in [2.24, 2.45) is 0 Å². The fourth-order valence-electron chi connectivity index (χ4n) is 5.36. The molecule has 0 aromatic rings. The van der Waals surface area contributed by atoms with Gasteiger partial charge in [-0.2, -0.15) is 0 Å². The molecule has 0 saturated carbocycles. The fraction of sp³-hybridized carbons (Fsp3) is 0.865. The second-order valence-corrected chi connectivity index (χ2v) is 15.3. The number of hydrogen-bond acceptors (Lipinski definition) is 10. The van der Waals surface area contributed by atoms with Crippen LogP contribution in [-0.2, 0) is 47.5 Å². The highest BCUT2D eigenvalue weighted by atomic mass is 31.2. The molecule has 3 amide bonds. The van der Waals surface area contributed by atoms with Crippen LogP contribution in [0.2, 0.25) is 0 Å². The first-order chi connectivity index (χ1) is 25.9. The molecule has 1 atom stereocenters. The van der Waals surface area contributed by atoms with E-state index >= 15 is 0 Å². The third kappa shape index (κ3) is 39.2. The summed E-state index contributed by atoms with van der Waals surface area (Å²) in [4.78, 5) is 76.3. The molecule has 6 N–H and O–H groups in total. The summed E-state index contributed by atoms with van der Waals surface area (Å²) in [5.41, 5.74) is 0. The quantitative estimate of drug-likeness (QED) is 0.0380. The predicted molar refractivity (Wildman–Crippen MR) is 204 cm³/mol. The molecule has 0 radical (unpaired) electrons. The summed E-state index contributed by atoms with van der Waals surface area (Å²) >= 11 is 0. The van der Waals surface area contributed by atoms with E-state index in [-0.39, 0.29) is 88.5 Å². The van der Waals surface area contributed by atoms with Crippen LogP contribution in [0.4, 0.5) is 0 Å². The number of unbranched alkanes of at least 4 members (excludes halogenated alkanes) is 15. The van der Waals surface area contributed by atoms with Crippen LogP contribution in [0.25, 0.3) is 0 Å². The summed E-state index contributed by atoms with van der Waals surface area (Å²) in [5.74, 6) is -2.20. The number of carboxylic acid groups (broad SMARTS) is 1. The van der Waals surface area contributed by atoms with Crippen molar-refractivity contribution >= 4 is 37.1 Å². The number of amides is 3. The minimum atomic E-state index is -3.84. The zero-order chi connectivity index (χ0) is 40.1. The molecular formula is C37H70N3O13P. The van der Waals surface area contributed by atoms with Gasteiger partial charge in [0.05, 0.1) is 39.6 Å². The monoisotopic (exact) mass is 795 g/mol. The number of nitrogens with one attached hydrogen (secondary N) is 3. The predicted octanol–water partition coefficient (Wildman–Crippen LogP) is 4.03. The summed E-state index contributed by atoms with van der Waals surface area (Å²) in [6.07, 6.45) is 17.4. The van der Waals surface area contributed by atoms with Gasteiger partial charge >= 0.3 is 13.6 Å². The zero-order valence-corrected chi connectivity index (χ0v) is 33.6. The Hall–Kier alpha value is -2.46. The lowest BCUT2D eigenvalue weighted by Crippen LogP contribution is -2.41. The zero-order valence-electron chi connectivity index (χ0n) is 32.7. The summed E-state index contributed by atoms with van der Waals surface area (Å²) in [5, 5.41) is 17.3. The maximum absolute atomic E-state index is 12.3. The lowest BCUT2D eigenvalue weighted by atomic mass is 10.0. The van der Waals surface area contributed by atoms with Gasteiger partial charge in [-0.1, -0.05) is 89.9 Å². The number of carbonyl (C=O) groups excluding carboxylic acids is 4. The Balaban J connectivity index is 3.64. The van der Waals surface area contributed by atoms with Crippen LogP contribution in [0.5, 0.6) is 0 Å². The van der Waals surface area contributed by atoms with E-state index in [0.29, 0.717) is 39.2 Å². The summed E-state index contributed by atoms with van der Waals surface area (Å²) < 4.78 is 31.8. The van der Waals surface area contributed by atoms with Crippen LogP contribution in [-0.4, -0.2) is 123 Å². The van der Waals surface area contributed by atoms with Crippen LogP contribution >= 0.6 is 7.60 Å². The van der Waals surface area contributed by atoms with Crippen molar-refractivity contribution in [2.75, 3.05) is 72.1 Å². The normalized spacial score (nSPS) is 12.0. The van der Waals surface area contributed by atoms with Gasteiger partial charge in [0.2, 0.25) is 17.7 Å². The number of rotatable bonds is 40. The topological polar surface area (TPSA) is 236 Å². The lowest BCUT2D eigenvalue weighted by Gasteiger charge is -2.14. The molecule has 54 heavy (non-hydrogen) atoms. The van der Waals surface area contributed by atoms with Gasteiger partial charge in [-0.3, -0.25) is 23.7 Å². The molecule has 0 aliphatic rings. The van der Waals surface area contributed by atoms with Crippen LogP contribution in [0.15, 0.2) is 0 Å². The molecular weight excluding hydrogens is 725 g/mol. The van der Waals surface area contributed by atoms with E-state index in [1.807, 2.05) is 0 Å². The van der Waals surface area contributed by atoms with Crippen molar-refractivity contribution in [1.29, 1.82) is 0 Å². The molecule has 16 nitrogen and oxygen atoms in total. The first kappa shape index (κ1) is 51.5. The minimum absolute atomic E-state index is 0.000230. The van der Waals surface area contributed by atoms with E-state index in [4.69, 9.17) is 28.7 Å². The highest BCUT2D eigenvalue weighted by molar-refractivity contribution is 7.51. The average molecular weight is 796 g/mol. The van der Waals surface area contributed by atoms with Crippen molar-refractivity contribution in [3.63, 3.8) is 0 Å². The van der Waals surface area contributed by atoms with E-state index in [2.05, 4.69) is 16.0 Å². The lowest BCUT2D eigenvalue weighted by molar-refractivity contribution is -0.142. The first-order valence-corrected chi connectivity index (χ1v) is 21.6. The van der Waals surface area contributed by atoms with Crippen LogP contribution < -0.4 is 16.0 Å². The van der Waals surface area contributed by atoms with Crippen molar-refractivity contribution in [1.82, 2.24) is 16.0 Å². The Morgan fingerprint density at radius 2 is 0.963 bits per heavy atom. The van der Waals surface area contributed by atoms with Crippen molar-refractivity contribution in [3.8, 4) is 0 Å². The summed E-state index contributed by atoms with van der Waals surface area (Å²) in [6.45, 7) is 3.45. The molecule has 0 aromatic heterocycles. The van der Waals surface area contributed by atoms with Gasteiger partial charge in [0, 0.05) is 32.1 Å². The molecule has 0 bridgehead atoms. The van der Waals surface area contributed by atoms with Gasteiger partial charge in [0.1, 0.15) is 19.3 Å². The smallest absolute Gasteiger partial charge is 0.326 e. The van der Waals surface area contributed by atoms with Crippen LogP contribution in [0, 0.1) is 0 Å². The first-order valence-electron chi connectivity index (χ1n) is 19.8. The summed E-state index contributed by atoms with van der Waals surface area (Å²) in [6, 6.07) is -1.13. The minimum Gasteiger partial charge on any atom is -0.480 e. The Kier molecular flexibility index (Phi) is 34.5. The molecule has 0 aliphatic heterocycles. The maximum atomic E-state index is 12.3. The molecule has 0 unspecified atom stereocenters. The van der Waals surface area contributed by atoms with Gasteiger partial charge in [-0.15, -0.1) is 0 Å². The molecule has 0 aliphatic carbocycles. The van der Waals surface area contributed by atoms with E-state index in [0.717, 1.165) is 38.5 Å². The second-order valence-electron chi connectivity index (χ2n) is 13.5. The Morgan fingerprint density at radius 1 is 0.537 bits per heavy atom. The van der Waals surface area contributed by atoms with Crippen LogP contribution in [0.3, 0.4) is 0 Å². The third-order valence-electron chi connectivity index (χ3n) is 8.32. The van der Waals surface area contributed by atoms with Crippen molar-refractivity contribution in [3.05, 3.63) is 0 Å². The molecule has 0 heterocycles. The average Bonchev–Trinajstić information content (AvgIpc) is 3.10. The fourth-order valence-corrected chi connectivity index (χ4v) is 6.00. The third-order valence-corrected chi connectivity index (χ3v) is 9.22.